The number of rotatable bonds is 2. The van der Waals surface area contributed by atoms with Crippen molar-refractivity contribution in [2.45, 2.75) is 12.7 Å². The quantitative estimate of drug-likeness (QED) is 0.751. The van der Waals surface area contributed by atoms with Gasteiger partial charge in [0, 0.05) is 18.5 Å². The third-order valence-corrected chi connectivity index (χ3v) is 2.60. The van der Waals surface area contributed by atoms with E-state index in [1.165, 1.54) is 23.4 Å². The van der Waals surface area contributed by atoms with Crippen LogP contribution in [0, 0.1) is 0 Å². The monoisotopic (exact) mass is 283 g/mol. The van der Waals surface area contributed by atoms with E-state index in [1.807, 2.05) is 0 Å². The summed E-state index contributed by atoms with van der Waals surface area (Å²) in [5.41, 5.74) is 4.57. The minimum Gasteiger partial charge on any atom is -0.324 e. The first-order valence-electron chi connectivity index (χ1n) is 5.51. The lowest BCUT2D eigenvalue weighted by Gasteiger charge is -2.00. The number of alkyl halides is 3. The highest BCUT2D eigenvalue weighted by Crippen LogP contribution is 2.29. The van der Waals surface area contributed by atoms with E-state index >= 15 is 0 Å². The molecule has 3 aromatic heterocycles. The van der Waals surface area contributed by atoms with Crippen LogP contribution < -0.4 is 5.73 Å². The predicted molar refractivity (Wildman–Crippen MR) is 60.8 cm³/mol. The van der Waals surface area contributed by atoms with Gasteiger partial charge in [0.2, 0.25) is 0 Å². The van der Waals surface area contributed by atoms with Gasteiger partial charge in [-0.1, -0.05) is 0 Å². The Morgan fingerprint density at radius 2 is 2.00 bits per heavy atom. The van der Waals surface area contributed by atoms with E-state index in [4.69, 9.17) is 5.73 Å². The molecule has 0 radical (unpaired) electrons. The topological polar surface area (TPSA) is 86.9 Å². The van der Waals surface area contributed by atoms with E-state index in [1.54, 1.807) is 0 Å². The average molecular weight is 283 g/mol. The maximum absolute atomic E-state index is 12.7. The highest BCUT2D eigenvalue weighted by Gasteiger charge is 2.34. The first-order valence-corrected chi connectivity index (χ1v) is 5.51. The largest absolute Gasteiger partial charge is 0.435 e. The summed E-state index contributed by atoms with van der Waals surface area (Å²) in [6.07, 6.45) is -0.521. The SMILES string of the molecule is NCc1ncn(-c2nccn3nc(C(F)(F)F)cc23)n1. The van der Waals surface area contributed by atoms with Gasteiger partial charge in [-0.3, -0.25) is 0 Å². The number of nitrogens with two attached hydrogens (primary N) is 1. The number of fused-ring (bicyclic) bond motifs is 1. The van der Waals surface area contributed by atoms with Gasteiger partial charge in [-0.05, 0) is 0 Å². The molecule has 7 nitrogen and oxygen atoms in total. The number of halogens is 3. The second-order valence-electron chi connectivity index (χ2n) is 3.92. The molecule has 0 fully saturated rings. The van der Waals surface area contributed by atoms with E-state index in [9.17, 15) is 13.2 Å². The molecule has 3 aromatic rings. The predicted octanol–water partition coefficient (Wildman–Crippen LogP) is 0.787. The molecule has 0 aliphatic rings. The molecule has 20 heavy (non-hydrogen) atoms. The minimum atomic E-state index is -4.52. The molecule has 0 saturated carbocycles. The van der Waals surface area contributed by atoms with Crippen LogP contribution in [0.2, 0.25) is 0 Å². The molecule has 3 rings (SSSR count). The van der Waals surface area contributed by atoms with Gasteiger partial charge in [-0.25, -0.2) is 19.2 Å². The second-order valence-corrected chi connectivity index (χ2v) is 3.92. The van der Waals surface area contributed by atoms with Crippen molar-refractivity contribution in [3.05, 3.63) is 36.3 Å². The van der Waals surface area contributed by atoms with Crippen LogP contribution in [0.5, 0.6) is 0 Å². The van der Waals surface area contributed by atoms with E-state index in [0.29, 0.717) is 5.82 Å². The maximum atomic E-state index is 12.7. The number of hydrogen-bond donors (Lipinski definition) is 1. The van der Waals surface area contributed by atoms with Crippen molar-refractivity contribution in [1.82, 2.24) is 29.4 Å². The van der Waals surface area contributed by atoms with E-state index in [-0.39, 0.29) is 17.9 Å². The summed E-state index contributed by atoms with van der Waals surface area (Å²) in [6.45, 7) is 0.128. The van der Waals surface area contributed by atoms with Gasteiger partial charge in [0.05, 0.1) is 6.54 Å². The lowest BCUT2D eigenvalue weighted by atomic mass is 10.4. The van der Waals surface area contributed by atoms with Crippen molar-refractivity contribution in [2.24, 2.45) is 5.73 Å². The molecule has 0 unspecified atom stereocenters. The molecule has 0 atom stereocenters. The fourth-order valence-corrected chi connectivity index (χ4v) is 1.72. The average Bonchev–Trinajstić information content (AvgIpc) is 3.04. The lowest BCUT2D eigenvalue weighted by molar-refractivity contribution is -0.141. The second kappa shape index (κ2) is 4.27. The fraction of sp³-hybridized carbons (Fsp3) is 0.200. The molecule has 0 saturated heterocycles. The van der Waals surface area contributed by atoms with Gasteiger partial charge < -0.3 is 5.73 Å². The van der Waals surface area contributed by atoms with Crippen LogP contribution in [-0.4, -0.2) is 29.4 Å². The first-order chi connectivity index (χ1) is 9.49. The van der Waals surface area contributed by atoms with E-state index in [2.05, 4.69) is 20.2 Å². The number of hydrogen-bond acceptors (Lipinski definition) is 5. The van der Waals surface area contributed by atoms with Crippen LogP contribution in [-0.2, 0) is 12.7 Å². The summed E-state index contributed by atoms with van der Waals surface area (Å²) in [5.74, 6) is 0.562. The Morgan fingerprint density at radius 1 is 1.20 bits per heavy atom. The van der Waals surface area contributed by atoms with Crippen LogP contribution in [0.15, 0.2) is 24.8 Å². The van der Waals surface area contributed by atoms with Crippen molar-refractivity contribution in [3.63, 3.8) is 0 Å². The fourth-order valence-electron chi connectivity index (χ4n) is 1.72. The van der Waals surface area contributed by atoms with Crippen LogP contribution in [0.25, 0.3) is 11.3 Å². The van der Waals surface area contributed by atoms with Crippen LogP contribution in [0.3, 0.4) is 0 Å². The van der Waals surface area contributed by atoms with Crippen LogP contribution in [0.1, 0.15) is 11.5 Å². The molecular weight excluding hydrogens is 275 g/mol. The van der Waals surface area contributed by atoms with Gasteiger partial charge in [-0.15, -0.1) is 5.10 Å². The van der Waals surface area contributed by atoms with Gasteiger partial charge in [0.1, 0.15) is 11.8 Å². The molecule has 0 aliphatic heterocycles. The van der Waals surface area contributed by atoms with Gasteiger partial charge in [0.15, 0.2) is 17.3 Å². The number of nitrogens with zero attached hydrogens (tertiary/aromatic N) is 6. The molecule has 0 bridgehead atoms. The molecule has 3 heterocycles. The highest BCUT2D eigenvalue weighted by molar-refractivity contribution is 5.60. The Bertz CT molecular complexity index is 758. The summed E-state index contributed by atoms with van der Waals surface area (Å²) >= 11 is 0. The smallest absolute Gasteiger partial charge is 0.324 e. The van der Waals surface area contributed by atoms with Gasteiger partial charge in [-0.2, -0.15) is 18.3 Å². The Balaban J connectivity index is 2.18. The van der Waals surface area contributed by atoms with E-state index < -0.39 is 11.9 Å². The first kappa shape index (κ1) is 12.5. The summed E-state index contributed by atoms with van der Waals surface area (Å²) in [7, 11) is 0. The molecule has 104 valence electrons. The maximum Gasteiger partial charge on any atom is 0.435 e. The zero-order chi connectivity index (χ0) is 14.3. The zero-order valence-corrected chi connectivity index (χ0v) is 9.91. The molecule has 0 aliphatic carbocycles. The molecule has 2 N–H and O–H groups in total. The van der Waals surface area contributed by atoms with Crippen molar-refractivity contribution in [2.75, 3.05) is 0 Å². The summed E-state index contributed by atoms with van der Waals surface area (Å²) in [6, 6.07) is 0.909. The van der Waals surface area contributed by atoms with Crippen LogP contribution in [0.4, 0.5) is 13.2 Å². The Hall–Kier alpha value is -2.49. The molecule has 10 heteroatoms. The standard InChI is InChI=1S/C10H8F3N7/c11-10(12,13)7-3-6-9(15-1-2-19(6)17-7)20-5-16-8(4-14)18-20/h1-3,5H,4,14H2. The third kappa shape index (κ3) is 1.99. The van der Waals surface area contributed by atoms with Crippen molar-refractivity contribution < 1.29 is 13.2 Å². The Labute approximate surface area is 109 Å². The minimum absolute atomic E-state index is 0.128. The van der Waals surface area contributed by atoms with Crippen LogP contribution >= 0.6 is 0 Å². The summed E-state index contributed by atoms with van der Waals surface area (Å²) in [4.78, 5) is 7.92. The molecule has 0 aromatic carbocycles. The molecular formula is C10H8F3N7. The van der Waals surface area contributed by atoms with Crippen molar-refractivity contribution in [3.8, 4) is 5.82 Å². The summed E-state index contributed by atoms with van der Waals surface area (Å²) < 4.78 is 40.4. The van der Waals surface area contributed by atoms with E-state index in [0.717, 1.165) is 10.6 Å². The summed E-state index contributed by atoms with van der Waals surface area (Å²) in [5, 5.41) is 7.48. The lowest BCUT2D eigenvalue weighted by Crippen LogP contribution is -2.05. The zero-order valence-electron chi connectivity index (χ0n) is 9.91. The molecule has 0 spiro atoms. The van der Waals surface area contributed by atoms with Gasteiger partial charge >= 0.3 is 6.18 Å². The third-order valence-electron chi connectivity index (χ3n) is 2.60. The van der Waals surface area contributed by atoms with Gasteiger partial charge in [0.25, 0.3) is 0 Å². The Morgan fingerprint density at radius 3 is 2.65 bits per heavy atom. The molecule has 0 amide bonds. The van der Waals surface area contributed by atoms with Crippen molar-refractivity contribution >= 4 is 5.52 Å². The normalized spacial score (nSPS) is 12.2. The highest BCUT2D eigenvalue weighted by atomic mass is 19.4. The Kier molecular flexibility index (Phi) is 2.67. The van der Waals surface area contributed by atoms with Crippen molar-refractivity contribution in [1.29, 1.82) is 0 Å². The number of aromatic nitrogens is 6.